The Kier molecular flexibility index (Phi) is 5.70. The number of primary sulfonamides is 1. The Labute approximate surface area is 188 Å². The molecule has 31 heavy (non-hydrogen) atoms. The van der Waals surface area contributed by atoms with Crippen LogP contribution in [-0.2, 0) is 10.0 Å². The first-order valence-electron chi connectivity index (χ1n) is 9.32. The molecule has 0 fully saturated rings. The van der Waals surface area contributed by atoms with Crippen LogP contribution in [0.2, 0.25) is 0 Å². The van der Waals surface area contributed by atoms with Gasteiger partial charge in [0.05, 0.1) is 22.2 Å². The molecule has 0 spiro atoms. The van der Waals surface area contributed by atoms with Crippen molar-refractivity contribution in [2.45, 2.75) is 11.8 Å². The van der Waals surface area contributed by atoms with Gasteiger partial charge in [-0.25, -0.2) is 13.6 Å². The molecule has 0 aliphatic carbocycles. The predicted octanol–water partition coefficient (Wildman–Crippen LogP) is 5.40. The Morgan fingerprint density at radius 1 is 0.935 bits per heavy atom. The van der Waals surface area contributed by atoms with Crippen molar-refractivity contribution in [1.29, 1.82) is 0 Å². The molecule has 0 saturated carbocycles. The number of para-hydroxylation sites is 1. The molecule has 0 aliphatic heterocycles. The van der Waals surface area contributed by atoms with Gasteiger partial charge in [0.2, 0.25) is 10.0 Å². The molecule has 3 aromatic carbocycles. The molecule has 0 aliphatic rings. The normalized spacial score (nSPS) is 11.5. The van der Waals surface area contributed by atoms with Crippen LogP contribution in [-0.4, -0.2) is 20.7 Å². The van der Waals surface area contributed by atoms with E-state index < -0.39 is 10.0 Å². The number of aryl methyl sites for hydroxylation is 1. The minimum Gasteiger partial charge on any atom is -0.496 e. The molecular weight excluding hydrogens is 480 g/mol. The van der Waals surface area contributed by atoms with Crippen LogP contribution < -0.4 is 9.88 Å². The quantitative estimate of drug-likeness (QED) is 0.397. The molecule has 0 unspecified atom stereocenters. The number of ether oxygens (including phenoxy) is 1. The summed E-state index contributed by atoms with van der Waals surface area (Å²) in [5, 5.41) is 9.36. The molecule has 0 amide bonds. The molecule has 2 N–H and O–H groups in total. The lowest BCUT2D eigenvalue weighted by atomic mass is 9.94. The lowest BCUT2D eigenvalue weighted by Crippen LogP contribution is -2.12. The molecular formula is C23H19BrN2O4S. The van der Waals surface area contributed by atoms with Crippen molar-refractivity contribution in [3.8, 4) is 39.3 Å². The fourth-order valence-electron chi connectivity index (χ4n) is 3.40. The first-order valence-corrected chi connectivity index (χ1v) is 11.7. The third-order valence-electron chi connectivity index (χ3n) is 4.95. The van der Waals surface area contributed by atoms with E-state index in [9.17, 15) is 8.42 Å². The minimum absolute atomic E-state index is 0.00640. The van der Waals surface area contributed by atoms with Gasteiger partial charge in [-0.05, 0) is 63.8 Å². The highest BCUT2D eigenvalue weighted by Gasteiger charge is 2.20. The summed E-state index contributed by atoms with van der Waals surface area (Å²) in [7, 11) is -2.26. The number of hydrogen-bond donors (Lipinski definition) is 1. The van der Waals surface area contributed by atoms with Gasteiger partial charge in [0.25, 0.3) is 0 Å². The van der Waals surface area contributed by atoms with Crippen LogP contribution in [0.25, 0.3) is 33.6 Å². The third kappa shape index (κ3) is 4.14. The average molecular weight is 499 g/mol. The van der Waals surface area contributed by atoms with Crippen LogP contribution in [0, 0.1) is 6.92 Å². The summed E-state index contributed by atoms with van der Waals surface area (Å²) < 4.78 is 35.6. The van der Waals surface area contributed by atoms with Gasteiger partial charge in [-0.1, -0.05) is 47.6 Å². The second kappa shape index (κ2) is 8.30. The van der Waals surface area contributed by atoms with E-state index in [0.717, 1.165) is 28.0 Å². The van der Waals surface area contributed by atoms with Gasteiger partial charge >= 0.3 is 0 Å². The molecule has 6 nitrogen and oxygen atoms in total. The van der Waals surface area contributed by atoms with Crippen LogP contribution in [0.3, 0.4) is 0 Å². The fraction of sp³-hybridized carbons (Fsp3) is 0.0870. The molecule has 4 rings (SSSR count). The van der Waals surface area contributed by atoms with Crippen LogP contribution in [0.5, 0.6) is 5.75 Å². The molecule has 0 atom stereocenters. The smallest absolute Gasteiger partial charge is 0.238 e. The zero-order chi connectivity index (χ0) is 22.2. The van der Waals surface area contributed by atoms with E-state index >= 15 is 0 Å². The number of halogens is 1. The van der Waals surface area contributed by atoms with Gasteiger partial charge in [-0.2, -0.15) is 0 Å². The summed E-state index contributed by atoms with van der Waals surface area (Å²) in [4.78, 5) is -0.00640. The summed E-state index contributed by atoms with van der Waals surface area (Å²) in [5.41, 5.74) is 4.79. The summed E-state index contributed by atoms with van der Waals surface area (Å²) in [6.07, 6.45) is 0. The molecule has 1 aromatic heterocycles. The van der Waals surface area contributed by atoms with E-state index in [1.54, 1.807) is 20.1 Å². The molecule has 8 heteroatoms. The van der Waals surface area contributed by atoms with Gasteiger partial charge in [-0.15, -0.1) is 0 Å². The number of nitrogens with two attached hydrogens (primary N) is 1. The lowest BCUT2D eigenvalue weighted by Gasteiger charge is -2.13. The highest BCUT2D eigenvalue weighted by molar-refractivity contribution is 9.10. The monoisotopic (exact) mass is 498 g/mol. The first kappa shape index (κ1) is 21.3. The van der Waals surface area contributed by atoms with Crippen molar-refractivity contribution in [1.82, 2.24) is 5.16 Å². The van der Waals surface area contributed by atoms with Gasteiger partial charge in [-0.3, -0.25) is 0 Å². The Hall–Kier alpha value is -2.94. The first-order chi connectivity index (χ1) is 14.8. The van der Waals surface area contributed by atoms with Crippen LogP contribution in [0.15, 0.2) is 80.6 Å². The summed E-state index contributed by atoms with van der Waals surface area (Å²) in [6, 6.07) is 20.4. The summed E-state index contributed by atoms with van der Waals surface area (Å²) in [5.74, 6) is 1.19. The van der Waals surface area contributed by atoms with Crippen molar-refractivity contribution in [3.63, 3.8) is 0 Å². The molecule has 4 aromatic rings. The number of sulfonamides is 1. The van der Waals surface area contributed by atoms with Crippen LogP contribution in [0.1, 0.15) is 5.69 Å². The largest absolute Gasteiger partial charge is 0.496 e. The second-order valence-corrected chi connectivity index (χ2v) is 9.30. The zero-order valence-electron chi connectivity index (χ0n) is 16.8. The Balaban J connectivity index is 1.94. The van der Waals surface area contributed by atoms with Gasteiger partial charge in [0.1, 0.15) is 5.75 Å². The standard InChI is InChI=1S/C23H19BrN2O4S/c1-14-22(24)23(30-26-14)20-13-17(31(25,27)28)10-11-18(20)15-6-5-7-16(12-15)19-8-3-4-9-21(19)29-2/h3-13H,1-2H3,(H2,25,27,28). The lowest BCUT2D eigenvalue weighted by molar-refractivity contribution is 0.416. The maximum absolute atomic E-state index is 12.0. The maximum atomic E-state index is 12.0. The average Bonchev–Trinajstić information content (AvgIpc) is 3.11. The van der Waals surface area contributed by atoms with Crippen molar-refractivity contribution in [3.05, 3.63) is 76.9 Å². The van der Waals surface area contributed by atoms with Gasteiger partial charge in [0, 0.05) is 11.1 Å². The van der Waals surface area contributed by atoms with Crippen molar-refractivity contribution < 1.29 is 17.7 Å². The van der Waals surface area contributed by atoms with Gasteiger partial charge in [0.15, 0.2) is 5.76 Å². The van der Waals surface area contributed by atoms with Crippen molar-refractivity contribution in [2.24, 2.45) is 5.14 Å². The molecule has 0 bridgehead atoms. The number of methoxy groups -OCH3 is 1. The Bertz CT molecular complexity index is 1380. The molecule has 158 valence electrons. The maximum Gasteiger partial charge on any atom is 0.238 e. The van der Waals surface area contributed by atoms with E-state index in [0.29, 0.717) is 21.5 Å². The highest BCUT2D eigenvalue weighted by Crippen LogP contribution is 2.40. The van der Waals surface area contributed by atoms with E-state index in [-0.39, 0.29) is 4.90 Å². The molecule has 1 heterocycles. The summed E-state index contributed by atoms with van der Waals surface area (Å²) >= 11 is 3.49. The van der Waals surface area contributed by atoms with E-state index in [2.05, 4.69) is 21.1 Å². The number of hydrogen-bond acceptors (Lipinski definition) is 5. The minimum atomic E-state index is -3.89. The number of rotatable bonds is 5. The van der Waals surface area contributed by atoms with E-state index in [1.807, 2.05) is 48.5 Å². The van der Waals surface area contributed by atoms with E-state index in [4.69, 9.17) is 14.4 Å². The topological polar surface area (TPSA) is 95.4 Å². The van der Waals surface area contributed by atoms with Crippen LogP contribution >= 0.6 is 15.9 Å². The highest BCUT2D eigenvalue weighted by atomic mass is 79.9. The molecule has 0 saturated heterocycles. The third-order valence-corrected chi connectivity index (χ3v) is 6.79. The SMILES string of the molecule is COc1ccccc1-c1cccc(-c2ccc(S(N)(=O)=O)cc2-c2onc(C)c2Br)c1. The van der Waals surface area contributed by atoms with Crippen LogP contribution in [0.4, 0.5) is 0 Å². The second-order valence-electron chi connectivity index (χ2n) is 6.94. The molecule has 0 radical (unpaired) electrons. The zero-order valence-corrected chi connectivity index (χ0v) is 19.2. The number of nitrogens with zero attached hydrogens (tertiary/aromatic N) is 1. The Morgan fingerprint density at radius 3 is 2.29 bits per heavy atom. The number of aromatic nitrogens is 1. The van der Waals surface area contributed by atoms with Crippen molar-refractivity contribution >= 4 is 26.0 Å². The fourth-order valence-corrected chi connectivity index (χ4v) is 4.30. The Morgan fingerprint density at radius 2 is 1.65 bits per heavy atom. The van der Waals surface area contributed by atoms with Gasteiger partial charge < -0.3 is 9.26 Å². The van der Waals surface area contributed by atoms with Crippen molar-refractivity contribution in [2.75, 3.05) is 7.11 Å². The number of benzene rings is 3. The van der Waals surface area contributed by atoms with E-state index in [1.165, 1.54) is 12.1 Å². The summed E-state index contributed by atoms with van der Waals surface area (Å²) in [6.45, 7) is 1.79. The predicted molar refractivity (Wildman–Crippen MR) is 123 cm³/mol.